The Morgan fingerprint density at radius 3 is 2.94 bits per heavy atom. The number of hydrogen-bond acceptors (Lipinski definition) is 4. The number of rotatable bonds is 3. The van der Waals surface area contributed by atoms with E-state index in [9.17, 15) is 0 Å². The number of nitrogens with zero attached hydrogens (tertiary/aromatic N) is 2. The zero-order valence-corrected chi connectivity index (χ0v) is 10.2. The number of aromatic nitrogens is 1. The molecule has 0 saturated heterocycles. The van der Waals surface area contributed by atoms with Crippen LogP contribution >= 0.6 is 11.6 Å². The van der Waals surface area contributed by atoms with Crippen molar-refractivity contribution in [1.82, 2.24) is 4.98 Å². The van der Waals surface area contributed by atoms with Crippen LogP contribution in [-0.4, -0.2) is 4.98 Å². The average molecular weight is 260 g/mol. The normalized spacial score (nSPS) is 9.78. The van der Waals surface area contributed by atoms with Crippen LogP contribution in [0.2, 0.25) is 5.02 Å². The molecule has 0 spiro atoms. The second kappa shape index (κ2) is 5.39. The molecule has 0 saturated carbocycles. The second-order valence-electron chi connectivity index (χ2n) is 3.59. The Labute approximate surface area is 110 Å². The molecule has 1 heterocycles. The van der Waals surface area contributed by atoms with E-state index in [0.717, 1.165) is 0 Å². The molecule has 18 heavy (non-hydrogen) atoms. The van der Waals surface area contributed by atoms with E-state index in [0.29, 0.717) is 27.7 Å². The molecule has 2 N–H and O–H groups in total. The van der Waals surface area contributed by atoms with Crippen molar-refractivity contribution in [3.05, 3.63) is 52.8 Å². The molecule has 1 aromatic heterocycles. The van der Waals surface area contributed by atoms with Crippen LogP contribution < -0.4 is 10.5 Å². The Kier molecular flexibility index (Phi) is 3.66. The summed E-state index contributed by atoms with van der Waals surface area (Å²) >= 11 is 5.79. The Morgan fingerprint density at radius 2 is 2.22 bits per heavy atom. The van der Waals surface area contributed by atoms with E-state index in [-0.39, 0.29) is 6.61 Å². The van der Waals surface area contributed by atoms with Gasteiger partial charge >= 0.3 is 0 Å². The fourth-order valence-electron chi connectivity index (χ4n) is 1.46. The predicted molar refractivity (Wildman–Crippen MR) is 69.1 cm³/mol. The number of hydrogen-bond donors (Lipinski definition) is 1. The van der Waals surface area contributed by atoms with Crippen LogP contribution in [0.1, 0.15) is 11.3 Å². The van der Waals surface area contributed by atoms with E-state index in [1.54, 1.807) is 36.5 Å². The standard InChI is InChI=1S/C13H10ClN3O/c14-10-3-4-13(11(16)6-10)18-8-9-2-1-5-17-12(9)7-15/h1-6H,8,16H2. The molecular weight excluding hydrogens is 250 g/mol. The lowest BCUT2D eigenvalue weighted by molar-refractivity contribution is 0.307. The van der Waals surface area contributed by atoms with Gasteiger partial charge in [0.1, 0.15) is 24.1 Å². The van der Waals surface area contributed by atoms with Gasteiger partial charge in [0.25, 0.3) is 0 Å². The molecular formula is C13H10ClN3O. The minimum absolute atomic E-state index is 0.239. The second-order valence-corrected chi connectivity index (χ2v) is 4.03. The molecule has 0 atom stereocenters. The van der Waals surface area contributed by atoms with E-state index in [1.165, 1.54) is 0 Å². The predicted octanol–water partition coefficient (Wildman–Crippen LogP) is 2.77. The van der Waals surface area contributed by atoms with Crippen molar-refractivity contribution >= 4 is 17.3 Å². The summed E-state index contributed by atoms with van der Waals surface area (Å²) in [5.74, 6) is 0.534. The molecule has 2 aromatic rings. The fourth-order valence-corrected chi connectivity index (χ4v) is 1.64. The first-order valence-electron chi connectivity index (χ1n) is 5.22. The Hall–Kier alpha value is -2.25. The number of nitrogens with two attached hydrogens (primary N) is 1. The van der Waals surface area contributed by atoms with Gasteiger partial charge in [0, 0.05) is 16.8 Å². The number of halogens is 1. The summed E-state index contributed by atoms with van der Waals surface area (Å²) in [4.78, 5) is 3.95. The number of pyridine rings is 1. The van der Waals surface area contributed by atoms with Gasteiger partial charge in [-0.3, -0.25) is 0 Å². The van der Waals surface area contributed by atoms with Crippen molar-refractivity contribution in [2.24, 2.45) is 0 Å². The Bertz CT molecular complexity index is 607. The van der Waals surface area contributed by atoms with Crippen molar-refractivity contribution in [3.63, 3.8) is 0 Å². The maximum Gasteiger partial charge on any atom is 0.147 e. The molecule has 4 nitrogen and oxygen atoms in total. The summed E-state index contributed by atoms with van der Waals surface area (Å²) < 4.78 is 5.55. The van der Waals surface area contributed by atoms with Gasteiger partial charge in [0.2, 0.25) is 0 Å². The highest BCUT2D eigenvalue weighted by atomic mass is 35.5. The molecule has 0 fully saturated rings. The smallest absolute Gasteiger partial charge is 0.147 e. The number of nitriles is 1. The summed E-state index contributed by atoms with van der Waals surface area (Å²) in [6.07, 6.45) is 1.57. The largest absolute Gasteiger partial charge is 0.487 e. The summed E-state index contributed by atoms with van der Waals surface area (Å²) in [5, 5.41) is 9.45. The van der Waals surface area contributed by atoms with Crippen LogP contribution in [0, 0.1) is 11.3 Å². The molecule has 2 rings (SSSR count). The van der Waals surface area contributed by atoms with Crippen molar-refractivity contribution in [3.8, 4) is 11.8 Å². The van der Waals surface area contributed by atoms with E-state index < -0.39 is 0 Å². The number of ether oxygens (including phenoxy) is 1. The van der Waals surface area contributed by atoms with Gasteiger partial charge in [0.05, 0.1) is 5.69 Å². The zero-order chi connectivity index (χ0) is 13.0. The Balaban J connectivity index is 2.14. The molecule has 0 aliphatic carbocycles. The van der Waals surface area contributed by atoms with Gasteiger partial charge in [-0.1, -0.05) is 17.7 Å². The number of nitrogen functional groups attached to an aromatic ring is 1. The topological polar surface area (TPSA) is 71.9 Å². The van der Waals surface area contributed by atoms with Crippen LogP contribution in [0.3, 0.4) is 0 Å². The minimum Gasteiger partial charge on any atom is -0.487 e. The third-order valence-corrected chi connectivity index (χ3v) is 2.59. The molecule has 0 aliphatic heterocycles. The van der Waals surface area contributed by atoms with Gasteiger partial charge in [0.15, 0.2) is 0 Å². The average Bonchev–Trinajstić information content (AvgIpc) is 2.38. The highest BCUT2D eigenvalue weighted by Crippen LogP contribution is 2.25. The lowest BCUT2D eigenvalue weighted by Gasteiger charge is -2.09. The summed E-state index contributed by atoms with van der Waals surface area (Å²) in [6.45, 7) is 0.239. The molecule has 5 heteroatoms. The van der Waals surface area contributed by atoms with Crippen molar-refractivity contribution in [2.75, 3.05) is 5.73 Å². The zero-order valence-electron chi connectivity index (χ0n) is 9.43. The van der Waals surface area contributed by atoms with Gasteiger partial charge in [-0.05, 0) is 24.3 Å². The molecule has 0 bridgehead atoms. The van der Waals surface area contributed by atoms with E-state index in [4.69, 9.17) is 27.3 Å². The number of anilines is 1. The number of benzene rings is 1. The molecule has 0 unspecified atom stereocenters. The molecule has 1 aromatic carbocycles. The maximum absolute atomic E-state index is 8.90. The monoisotopic (exact) mass is 259 g/mol. The van der Waals surface area contributed by atoms with Crippen molar-refractivity contribution in [2.45, 2.75) is 6.61 Å². The van der Waals surface area contributed by atoms with Gasteiger partial charge in [-0.2, -0.15) is 5.26 Å². The Morgan fingerprint density at radius 1 is 1.39 bits per heavy atom. The lowest BCUT2D eigenvalue weighted by atomic mass is 10.2. The quantitative estimate of drug-likeness (QED) is 0.861. The molecule has 90 valence electrons. The van der Waals surface area contributed by atoms with Crippen LogP contribution in [0.15, 0.2) is 36.5 Å². The first-order chi connectivity index (χ1) is 8.70. The summed E-state index contributed by atoms with van der Waals surface area (Å²) in [7, 11) is 0. The third-order valence-electron chi connectivity index (χ3n) is 2.35. The van der Waals surface area contributed by atoms with Gasteiger partial charge in [-0.15, -0.1) is 0 Å². The third kappa shape index (κ3) is 2.70. The van der Waals surface area contributed by atoms with E-state index in [1.807, 2.05) is 6.07 Å². The summed E-state index contributed by atoms with van der Waals surface area (Å²) in [6, 6.07) is 10.6. The SMILES string of the molecule is N#Cc1ncccc1COc1ccc(Cl)cc1N. The molecule has 0 radical (unpaired) electrons. The first-order valence-corrected chi connectivity index (χ1v) is 5.60. The highest BCUT2D eigenvalue weighted by molar-refractivity contribution is 6.30. The fraction of sp³-hybridized carbons (Fsp3) is 0.0769. The summed E-state index contributed by atoms with van der Waals surface area (Å²) in [5.41, 5.74) is 7.30. The van der Waals surface area contributed by atoms with Gasteiger partial charge in [-0.25, -0.2) is 4.98 Å². The van der Waals surface area contributed by atoms with E-state index >= 15 is 0 Å². The lowest BCUT2D eigenvalue weighted by Crippen LogP contribution is -2.01. The molecule has 0 aliphatic rings. The maximum atomic E-state index is 8.90. The van der Waals surface area contributed by atoms with Crippen LogP contribution in [0.25, 0.3) is 0 Å². The minimum atomic E-state index is 0.239. The van der Waals surface area contributed by atoms with Crippen LogP contribution in [0.5, 0.6) is 5.75 Å². The van der Waals surface area contributed by atoms with Crippen molar-refractivity contribution in [1.29, 1.82) is 5.26 Å². The van der Waals surface area contributed by atoms with E-state index in [2.05, 4.69) is 4.98 Å². The molecule has 0 amide bonds. The van der Waals surface area contributed by atoms with Gasteiger partial charge < -0.3 is 10.5 Å². The van der Waals surface area contributed by atoms with Crippen LogP contribution in [0.4, 0.5) is 5.69 Å². The first kappa shape index (κ1) is 12.2. The van der Waals surface area contributed by atoms with Crippen molar-refractivity contribution < 1.29 is 4.74 Å². The highest BCUT2D eigenvalue weighted by Gasteiger charge is 2.05. The van der Waals surface area contributed by atoms with Crippen LogP contribution in [-0.2, 0) is 6.61 Å².